The van der Waals surface area contributed by atoms with Crippen LogP contribution < -0.4 is 9.64 Å². The Morgan fingerprint density at radius 1 is 1.19 bits per heavy atom. The summed E-state index contributed by atoms with van der Waals surface area (Å²) in [6.45, 7) is 0.0367. The lowest BCUT2D eigenvalue weighted by atomic mass is 10.1. The maximum Gasteiger partial charge on any atom is 0.326 e. The average molecular weight is 354 g/mol. The fraction of sp³-hybridized carbons (Fsp3) is 0.222. The fourth-order valence-electron chi connectivity index (χ4n) is 2.23. The predicted octanol–water partition coefficient (Wildman–Crippen LogP) is 2.32. The molecule has 2 aromatic heterocycles. The first-order chi connectivity index (χ1) is 12.7. The zero-order chi connectivity index (χ0) is 18.4. The largest absolute Gasteiger partial charge is 0.497 e. The van der Waals surface area contributed by atoms with Gasteiger partial charge in [-0.05, 0) is 30.3 Å². The van der Waals surface area contributed by atoms with Crippen LogP contribution in [0.2, 0.25) is 0 Å². The molecule has 1 aromatic carbocycles. The Labute approximate surface area is 150 Å². The highest BCUT2D eigenvalue weighted by molar-refractivity contribution is 5.74. The molecule has 8 nitrogen and oxygen atoms in total. The van der Waals surface area contributed by atoms with Crippen molar-refractivity contribution in [3.63, 3.8) is 0 Å². The molecule has 0 radical (unpaired) electrons. The van der Waals surface area contributed by atoms with Crippen LogP contribution in [0.25, 0.3) is 11.3 Å². The van der Waals surface area contributed by atoms with Crippen LogP contribution in [0, 0.1) is 0 Å². The van der Waals surface area contributed by atoms with E-state index in [4.69, 9.17) is 14.0 Å². The first kappa shape index (κ1) is 17.4. The third-order valence-electron chi connectivity index (χ3n) is 3.58. The molecule has 0 aliphatic heterocycles. The number of nitrogens with zero attached hydrogens (tertiary/aromatic N) is 4. The summed E-state index contributed by atoms with van der Waals surface area (Å²) >= 11 is 0. The van der Waals surface area contributed by atoms with Crippen molar-refractivity contribution < 1.29 is 18.8 Å². The van der Waals surface area contributed by atoms with Crippen LogP contribution >= 0.6 is 0 Å². The van der Waals surface area contributed by atoms with E-state index in [1.807, 2.05) is 24.3 Å². The second-order valence-corrected chi connectivity index (χ2v) is 5.47. The van der Waals surface area contributed by atoms with Crippen molar-refractivity contribution in [1.29, 1.82) is 0 Å². The van der Waals surface area contributed by atoms with Gasteiger partial charge < -0.3 is 18.9 Å². The van der Waals surface area contributed by atoms with Crippen molar-refractivity contribution in [1.82, 2.24) is 15.1 Å². The monoisotopic (exact) mass is 354 g/mol. The van der Waals surface area contributed by atoms with Crippen LogP contribution in [-0.2, 0) is 16.1 Å². The Kier molecular flexibility index (Phi) is 5.43. The minimum Gasteiger partial charge on any atom is -0.497 e. The lowest BCUT2D eigenvalue weighted by Crippen LogP contribution is -2.28. The summed E-state index contributed by atoms with van der Waals surface area (Å²) in [7, 11) is 3.33. The Morgan fingerprint density at radius 3 is 2.62 bits per heavy atom. The quantitative estimate of drug-likeness (QED) is 0.597. The number of methoxy groups -OCH3 is 1. The molecule has 134 valence electrons. The molecule has 0 aliphatic rings. The van der Waals surface area contributed by atoms with Gasteiger partial charge in [0.2, 0.25) is 5.95 Å². The molecule has 0 saturated heterocycles. The standard InChI is InChI=1S/C18H18N4O4/c1-22(18-19-8-3-9-20-18)11-17(23)25-12-15-10-16(21-26-15)13-4-6-14(24-2)7-5-13/h3-10H,11-12H2,1-2H3. The first-order valence-electron chi connectivity index (χ1n) is 7.89. The Bertz CT molecular complexity index is 849. The van der Waals surface area contributed by atoms with Crippen molar-refractivity contribution in [2.45, 2.75) is 6.61 Å². The smallest absolute Gasteiger partial charge is 0.326 e. The van der Waals surface area contributed by atoms with Crippen LogP contribution in [0.5, 0.6) is 5.75 Å². The second kappa shape index (κ2) is 8.11. The van der Waals surface area contributed by atoms with E-state index < -0.39 is 5.97 Å². The van der Waals surface area contributed by atoms with Gasteiger partial charge in [0, 0.05) is 31.1 Å². The molecular formula is C18H18N4O4. The maximum atomic E-state index is 12.0. The van der Waals surface area contributed by atoms with E-state index in [2.05, 4.69) is 15.1 Å². The number of likely N-dealkylation sites (N-methyl/N-ethyl adjacent to an activating group) is 1. The molecule has 0 unspecified atom stereocenters. The van der Waals surface area contributed by atoms with Gasteiger partial charge in [0.15, 0.2) is 12.4 Å². The number of carbonyl (C=O) groups is 1. The zero-order valence-corrected chi connectivity index (χ0v) is 14.5. The second-order valence-electron chi connectivity index (χ2n) is 5.47. The van der Waals surface area contributed by atoms with E-state index in [9.17, 15) is 4.79 Å². The summed E-state index contributed by atoms with van der Waals surface area (Å²) in [5, 5.41) is 3.99. The van der Waals surface area contributed by atoms with Crippen LogP contribution in [0.3, 0.4) is 0 Å². The predicted molar refractivity (Wildman–Crippen MR) is 93.6 cm³/mol. The summed E-state index contributed by atoms with van der Waals surface area (Å²) in [6.07, 6.45) is 3.22. The number of anilines is 1. The number of esters is 1. The number of carbonyl (C=O) groups excluding carboxylic acids is 1. The molecule has 0 spiro atoms. The Balaban J connectivity index is 1.53. The van der Waals surface area contributed by atoms with Crippen molar-refractivity contribution in [2.24, 2.45) is 0 Å². The number of benzene rings is 1. The summed E-state index contributed by atoms with van der Waals surface area (Å²) in [6, 6.07) is 10.9. The highest BCUT2D eigenvalue weighted by atomic mass is 16.5. The molecule has 0 aliphatic carbocycles. The lowest BCUT2D eigenvalue weighted by molar-refractivity contribution is -0.143. The van der Waals surface area contributed by atoms with Crippen molar-refractivity contribution in [2.75, 3.05) is 25.6 Å². The molecule has 0 bridgehead atoms. The molecule has 0 saturated carbocycles. The SMILES string of the molecule is COc1ccc(-c2cc(COC(=O)CN(C)c3ncccn3)on2)cc1. The highest BCUT2D eigenvalue weighted by Crippen LogP contribution is 2.22. The van der Waals surface area contributed by atoms with E-state index in [0.29, 0.717) is 17.4 Å². The van der Waals surface area contributed by atoms with E-state index in [0.717, 1.165) is 11.3 Å². The normalized spacial score (nSPS) is 10.4. The van der Waals surface area contributed by atoms with Crippen molar-refractivity contribution >= 4 is 11.9 Å². The molecule has 0 amide bonds. The van der Waals surface area contributed by atoms with E-state index in [1.165, 1.54) is 0 Å². The van der Waals surface area contributed by atoms with E-state index in [1.54, 1.807) is 43.6 Å². The van der Waals surface area contributed by atoms with Gasteiger partial charge in [0.1, 0.15) is 18.0 Å². The molecule has 0 N–H and O–H groups in total. The third kappa shape index (κ3) is 4.35. The Hall–Kier alpha value is -3.42. The van der Waals surface area contributed by atoms with Crippen molar-refractivity contribution in [3.8, 4) is 17.0 Å². The minimum absolute atomic E-state index is 0.00543. The molecular weight excluding hydrogens is 336 g/mol. The number of hydrogen-bond acceptors (Lipinski definition) is 8. The van der Waals surface area contributed by atoms with Crippen LogP contribution in [0.15, 0.2) is 53.3 Å². The summed E-state index contributed by atoms with van der Waals surface area (Å²) < 4.78 is 15.6. The van der Waals surface area contributed by atoms with Gasteiger partial charge in [-0.15, -0.1) is 0 Å². The summed E-state index contributed by atoms with van der Waals surface area (Å²) in [5.41, 5.74) is 1.54. The molecule has 8 heteroatoms. The lowest BCUT2D eigenvalue weighted by Gasteiger charge is -2.14. The maximum absolute atomic E-state index is 12.0. The molecule has 3 rings (SSSR count). The van der Waals surface area contributed by atoms with Gasteiger partial charge in [0.05, 0.1) is 7.11 Å². The van der Waals surface area contributed by atoms with Crippen molar-refractivity contribution in [3.05, 3.63) is 54.6 Å². The van der Waals surface area contributed by atoms with Gasteiger partial charge in [-0.25, -0.2) is 9.97 Å². The van der Waals surface area contributed by atoms with Gasteiger partial charge in [-0.1, -0.05) is 5.16 Å². The topological polar surface area (TPSA) is 90.6 Å². The summed E-state index contributed by atoms with van der Waals surface area (Å²) in [5.74, 6) is 1.26. The molecule has 0 atom stereocenters. The van der Waals surface area contributed by atoms with Crippen LogP contribution in [0.4, 0.5) is 5.95 Å². The van der Waals surface area contributed by atoms with E-state index in [-0.39, 0.29) is 13.2 Å². The number of hydrogen-bond donors (Lipinski definition) is 0. The van der Waals surface area contributed by atoms with Gasteiger partial charge in [-0.3, -0.25) is 4.79 Å². The van der Waals surface area contributed by atoms with E-state index >= 15 is 0 Å². The molecule has 26 heavy (non-hydrogen) atoms. The van der Waals surface area contributed by atoms with Gasteiger partial charge in [-0.2, -0.15) is 0 Å². The minimum atomic E-state index is -0.414. The summed E-state index contributed by atoms with van der Waals surface area (Å²) in [4.78, 5) is 21.7. The molecule has 3 aromatic rings. The number of ether oxygens (including phenoxy) is 2. The molecule has 0 fully saturated rings. The van der Waals surface area contributed by atoms with Crippen LogP contribution in [-0.4, -0.2) is 41.8 Å². The van der Waals surface area contributed by atoms with Crippen LogP contribution in [0.1, 0.15) is 5.76 Å². The fourth-order valence-corrected chi connectivity index (χ4v) is 2.23. The zero-order valence-electron chi connectivity index (χ0n) is 14.5. The molecule has 2 heterocycles. The first-order valence-corrected chi connectivity index (χ1v) is 7.89. The third-order valence-corrected chi connectivity index (χ3v) is 3.58. The highest BCUT2D eigenvalue weighted by Gasteiger charge is 2.13. The Morgan fingerprint density at radius 2 is 1.92 bits per heavy atom. The van der Waals surface area contributed by atoms with Gasteiger partial charge in [0.25, 0.3) is 0 Å². The van der Waals surface area contributed by atoms with Gasteiger partial charge >= 0.3 is 5.97 Å². The number of rotatable bonds is 7. The number of aromatic nitrogens is 3. The average Bonchev–Trinajstić information content (AvgIpc) is 3.16.